The van der Waals surface area contributed by atoms with Crippen molar-refractivity contribution in [3.63, 3.8) is 0 Å². The van der Waals surface area contributed by atoms with Crippen LogP contribution in [0.2, 0.25) is 0 Å². The van der Waals surface area contributed by atoms with Gasteiger partial charge in [-0.3, -0.25) is 9.59 Å². The summed E-state index contributed by atoms with van der Waals surface area (Å²) in [6.07, 6.45) is 3.15. The van der Waals surface area contributed by atoms with Crippen LogP contribution in [-0.4, -0.2) is 64.9 Å². The van der Waals surface area contributed by atoms with E-state index < -0.39 is 10.0 Å². The molecule has 2 amide bonds. The fourth-order valence-electron chi connectivity index (χ4n) is 4.06. The first kappa shape index (κ1) is 27.2. The van der Waals surface area contributed by atoms with E-state index in [1.165, 1.54) is 34.6 Å². The van der Waals surface area contributed by atoms with Crippen molar-refractivity contribution in [3.05, 3.63) is 66.2 Å². The molecule has 194 valence electrons. The topological polar surface area (TPSA) is 114 Å². The molecule has 9 nitrogen and oxygen atoms in total. The van der Waals surface area contributed by atoms with Crippen molar-refractivity contribution >= 4 is 21.8 Å². The van der Waals surface area contributed by atoms with Crippen LogP contribution in [0.4, 0.5) is 0 Å². The number of methoxy groups -OCH3 is 2. The molecule has 0 bridgehead atoms. The standard InChI is InChI=1S/C26H33N3O6S/c1-4-25(30)28-18-20-12-15-29(16-13-20)36(32,33)22-8-6-21(7-9-22)26(31)27-14-11-19-5-10-23(34-2)24(17-19)35-3/h4-10,17,20H,1,11-16,18H2,2-3H3,(H,27,31)(H,28,30). The van der Waals surface area contributed by atoms with Crippen molar-refractivity contribution in [1.82, 2.24) is 14.9 Å². The lowest BCUT2D eigenvalue weighted by atomic mass is 9.98. The molecule has 0 aromatic heterocycles. The molecule has 0 spiro atoms. The van der Waals surface area contributed by atoms with Crippen LogP contribution in [0.1, 0.15) is 28.8 Å². The quantitative estimate of drug-likeness (QED) is 0.444. The molecule has 1 fully saturated rings. The van der Waals surface area contributed by atoms with Crippen LogP contribution in [0.15, 0.2) is 60.0 Å². The first-order chi connectivity index (χ1) is 17.3. The van der Waals surface area contributed by atoms with Gasteiger partial charge in [0.05, 0.1) is 19.1 Å². The zero-order valence-corrected chi connectivity index (χ0v) is 21.5. The van der Waals surface area contributed by atoms with E-state index in [0.29, 0.717) is 62.5 Å². The zero-order chi connectivity index (χ0) is 26.1. The predicted molar refractivity (Wildman–Crippen MR) is 137 cm³/mol. The van der Waals surface area contributed by atoms with Gasteiger partial charge >= 0.3 is 0 Å². The molecule has 1 saturated heterocycles. The Kier molecular flexibility index (Phi) is 9.49. The second-order valence-corrected chi connectivity index (χ2v) is 10.5. The Labute approximate surface area is 212 Å². The van der Waals surface area contributed by atoms with Crippen molar-refractivity contribution in [3.8, 4) is 11.5 Å². The summed E-state index contributed by atoms with van der Waals surface area (Å²) in [6.45, 7) is 5.12. The lowest BCUT2D eigenvalue weighted by Crippen LogP contribution is -2.41. The summed E-state index contributed by atoms with van der Waals surface area (Å²) >= 11 is 0. The van der Waals surface area contributed by atoms with Crippen molar-refractivity contribution in [2.75, 3.05) is 40.4 Å². The molecular weight excluding hydrogens is 482 g/mol. The number of nitrogens with one attached hydrogen (secondary N) is 2. The van der Waals surface area contributed by atoms with Gasteiger partial charge in [0.25, 0.3) is 5.91 Å². The average molecular weight is 516 g/mol. The molecule has 36 heavy (non-hydrogen) atoms. The lowest BCUT2D eigenvalue weighted by Gasteiger charge is -2.31. The molecule has 1 aliphatic heterocycles. The number of benzene rings is 2. The number of piperidine rings is 1. The van der Waals surface area contributed by atoms with E-state index in [4.69, 9.17) is 9.47 Å². The van der Waals surface area contributed by atoms with Gasteiger partial charge in [0.15, 0.2) is 11.5 Å². The van der Waals surface area contributed by atoms with Gasteiger partial charge in [0.1, 0.15) is 0 Å². The summed E-state index contributed by atoms with van der Waals surface area (Å²) in [7, 11) is -0.508. The highest BCUT2D eigenvalue weighted by Gasteiger charge is 2.29. The highest BCUT2D eigenvalue weighted by Crippen LogP contribution is 2.27. The van der Waals surface area contributed by atoms with Gasteiger partial charge in [-0.15, -0.1) is 0 Å². The molecule has 10 heteroatoms. The van der Waals surface area contributed by atoms with Gasteiger partial charge in [0.2, 0.25) is 15.9 Å². The fourth-order valence-corrected chi connectivity index (χ4v) is 5.53. The maximum absolute atomic E-state index is 13.0. The van der Waals surface area contributed by atoms with Crippen LogP contribution in [0, 0.1) is 5.92 Å². The third-order valence-corrected chi connectivity index (χ3v) is 8.14. The first-order valence-corrected chi connectivity index (χ1v) is 13.2. The van der Waals surface area contributed by atoms with Crippen LogP contribution in [-0.2, 0) is 21.2 Å². The van der Waals surface area contributed by atoms with Crippen LogP contribution in [0.3, 0.4) is 0 Å². The minimum atomic E-state index is -3.65. The van der Waals surface area contributed by atoms with Crippen LogP contribution in [0.5, 0.6) is 11.5 Å². The number of ether oxygens (including phenoxy) is 2. The molecule has 0 unspecified atom stereocenters. The van der Waals surface area contributed by atoms with Crippen LogP contribution in [0.25, 0.3) is 0 Å². The molecule has 0 atom stereocenters. The second kappa shape index (κ2) is 12.5. The molecular formula is C26H33N3O6S. The van der Waals surface area contributed by atoms with E-state index in [-0.39, 0.29) is 22.6 Å². The molecule has 0 radical (unpaired) electrons. The summed E-state index contributed by atoms with van der Waals surface area (Å²) < 4.78 is 38.1. The molecule has 2 aromatic rings. The minimum Gasteiger partial charge on any atom is -0.493 e. The van der Waals surface area contributed by atoms with E-state index in [2.05, 4.69) is 17.2 Å². The summed E-state index contributed by atoms with van der Waals surface area (Å²) in [5.41, 5.74) is 1.37. The van der Waals surface area contributed by atoms with Crippen molar-refractivity contribution in [2.45, 2.75) is 24.2 Å². The van der Waals surface area contributed by atoms with Gasteiger partial charge in [-0.1, -0.05) is 12.6 Å². The van der Waals surface area contributed by atoms with E-state index >= 15 is 0 Å². The van der Waals surface area contributed by atoms with E-state index in [1.807, 2.05) is 18.2 Å². The number of carbonyl (C=O) groups excluding carboxylic acids is 2. The second-order valence-electron chi connectivity index (χ2n) is 8.52. The number of nitrogens with zero attached hydrogens (tertiary/aromatic N) is 1. The maximum Gasteiger partial charge on any atom is 0.251 e. The number of amides is 2. The van der Waals surface area contributed by atoms with Crippen molar-refractivity contribution < 1.29 is 27.5 Å². The maximum atomic E-state index is 13.0. The van der Waals surface area contributed by atoms with Crippen LogP contribution < -0.4 is 20.1 Å². The smallest absolute Gasteiger partial charge is 0.251 e. The number of hydrogen-bond donors (Lipinski definition) is 2. The van der Waals surface area contributed by atoms with Gasteiger partial charge in [-0.05, 0) is 73.2 Å². The highest BCUT2D eigenvalue weighted by molar-refractivity contribution is 7.89. The Morgan fingerprint density at radius 2 is 1.69 bits per heavy atom. The summed E-state index contributed by atoms with van der Waals surface area (Å²) in [5.74, 6) is 0.992. The molecule has 0 saturated carbocycles. The zero-order valence-electron chi connectivity index (χ0n) is 20.7. The lowest BCUT2D eigenvalue weighted by molar-refractivity contribution is -0.116. The van der Waals surface area contributed by atoms with E-state index in [0.717, 1.165) is 5.56 Å². The Morgan fingerprint density at radius 3 is 2.31 bits per heavy atom. The molecule has 1 aliphatic rings. The average Bonchev–Trinajstić information content (AvgIpc) is 2.91. The third-order valence-electron chi connectivity index (χ3n) is 6.23. The Hall–Kier alpha value is -3.37. The number of hydrogen-bond acceptors (Lipinski definition) is 6. The van der Waals surface area contributed by atoms with Crippen molar-refractivity contribution in [1.29, 1.82) is 0 Å². The summed E-state index contributed by atoms with van der Waals surface area (Å²) in [5, 5.41) is 5.62. The van der Waals surface area contributed by atoms with Gasteiger partial charge in [0, 0.05) is 31.7 Å². The minimum absolute atomic E-state index is 0.155. The number of carbonyl (C=O) groups is 2. The Morgan fingerprint density at radius 1 is 1.03 bits per heavy atom. The highest BCUT2D eigenvalue weighted by atomic mass is 32.2. The molecule has 2 aromatic carbocycles. The number of rotatable bonds is 11. The van der Waals surface area contributed by atoms with Crippen LogP contribution >= 0.6 is 0 Å². The predicted octanol–water partition coefficient (Wildman–Crippen LogP) is 2.38. The van der Waals surface area contributed by atoms with E-state index in [9.17, 15) is 18.0 Å². The van der Waals surface area contributed by atoms with Crippen molar-refractivity contribution in [2.24, 2.45) is 5.92 Å². The van der Waals surface area contributed by atoms with Gasteiger partial charge < -0.3 is 20.1 Å². The Balaban J connectivity index is 1.51. The fraction of sp³-hybridized carbons (Fsp3) is 0.385. The summed E-state index contributed by atoms with van der Waals surface area (Å²) in [4.78, 5) is 24.0. The molecule has 3 rings (SSSR count). The molecule has 2 N–H and O–H groups in total. The normalized spacial score (nSPS) is 14.6. The van der Waals surface area contributed by atoms with E-state index in [1.54, 1.807) is 14.2 Å². The summed E-state index contributed by atoms with van der Waals surface area (Å²) in [6, 6.07) is 11.6. The number of sulfonamides is 1. The largest absolute Gasteiger partial charge is 0.493 e. The molecule has 0 aliphatic carbocycles. The molecule has 1 heterocycles. The monoisotopic (exact) mass is 515 g/mol. The SMILES string of the molecule is C=CC(=O)NCC1CCN(S(=O)(=O)c2ccc(C(=O)NCCc3ccc(OC)c(OC)c3)cc2)CC1. The Bertz CT molecular complexity index is 1170. The third kappa shape index (κ3) is 6.86. The van der Waals surface area contributed by atoms with Gasteiger partial charge in [-0.2, -0.15) is 4.31 Å². The van der Waals surface area contributed by atoms with Gasteiger partial charge in [-0.25, -0.2) is 8.42 Å². The first-order valence-electron chi connectivity index (χ1n) is 11.8.